The normalized spacial score (nSPS) is 17.5. The number of benzene rings is 2. The monoisotopic (exact) mass is 391 g/mol. The van der Waals surface area contributed by atoms with Gasteiger partial charge in [-0.05, 0) is 41.8 Å². The van der Waals surface area contributed by atoms with E-state index in [2.05, 4.69) is 5.32 Å². The fourth-order valence-electron chi connectivity index (χ4n) is 3.13. The SMILES string of the molecule is O=C(O)CC(NC(=O)c1cccc(C2CCOC2)c1)c1ccc(Cl)c(F)c1. The topological polar surface area (TPSA) is 75.6 Å². The molecule has 0 aliphatic carbocycles. The lowest BCUT2D eigenvalue weighted by Gasteiger charge is -2.18. The zero-order valence-electron chi connectivity index (χ0n) is 14.5. The van der Waals surface area contributed by atoms with E-state index in [1.54, 1.807) is 18.2 Å². The van der Waals surface area contributed by atoms with Gasteiger partial charge in [0.2, 0.25) is 0 Å². The largest absolute Gasteiger partial charge is 0.481 e. The number of carbonyl (C=O) groups excluding carboxylic acids is 1. The van der Waals surface area contributed by atoms with Crippen molar-refractivity contribution in [1.29, 1.82) is 0 Å². The minimum atomic E-state index is -1.10. The van der Waals surface area contributed by atoms with Crippen LogP contribution in [0.5, 0.6) is 0 Å². The van der Waals surface area contributed by atoms with Gasteiger partial charge in [0.05, 0.1) is 24.1 Å². The van der Waals surface area contributed by atoms with Crippen LogP contribution in [0.2, 0.25) is 5.02 Å². The molecule has 1 amide bonds. The molecule has 7 heteroatoms. The summed E-state index contributed by atoms with van der Waals surface area (Å²) in [5.41, 5.74) is 1.77. The quantitative estimate of drug-likeness (QED) is 0.782. The minimum absolute atomic E-state index is 0.0642. The molecule has 0 spiro atoms. The van der Waals surface area contributed by atoms with Gasteiger partial charge >= 0.3 is 5.97 Å². The van der Waals surface area contributed by atoms with E-state index < -0.39 is 23.7 Å². The summed E-state index contributed by atoms with van der Waals surface area (Å²) in [6.07, 6.45) is 0.528. The van der Waals surface area contributed by atoms with Gasteiger partial charge in [0.25, 0.3) is 5.91 Å². The number of ether oxygens (including phenoxy) is 1. The number of hydrogen-bond acceptors (Lipinski definition) is 3. The highest BCUT2D eigenvalue weighted by atomic mass is 35.5. The molecule has 2 atom stereocenters. The number of rotatable bonds is 6. The second-order valence-electron chi connectivity index (χ2n) is 6.48. The van der Waals surface area contributed by atoms with E-state index in [1.165, 1.54) is 12.1 Å². The molecule has 0 aromatic heterocycles. The first-order valence-electron chi connectivity index (χ1n) is 8.59. The third kappa shape index (κ3) is 4.84. The van der Waals surface area contributed by atoms with Crippen LogP contribution < -0.4 is 5.32 Å². The molecule has 142 valence electrons. The Kier molecular flexibility index (Phi) is 6.08. The number of hydrogen-bond donors (Lipinski definition) is 2. The molecule has 1 aliphatic rings. The molecule has 1 saturated heterocycles. The highest BCUT2D eigenvalue weighted by molar-refractivity contribution is 6.30. The van der Waals surface area contributed by atoms with Crippen LogP contribution >= 0.6 is 11.6 Å². The number of carboxylic acid groups (broad SMARTS) is 1. The van der Waals surface area contributed by atoms with Crippen LogP contribution in [0.15, 0.2) is 42.5 Å². The van der Waals surface area contributed by atoms with Gasteiger partial charge in [0.15, 0.2) is 0 Å². The van der Waals surface area contributed by atoms with Gasteiger partial charge in [-0.3, -0.25) is 9.59 Å². The van der Waals surface area contributed by atoms with Gasteiger partial charge in [-0.1, -0.05) is 29.8 Å². The van der Waals surface area contributed by atoms with Crippen molar-refractivity contribution in [2.45, 2.75) is 24.8 Å². The Hall–Kier alpha value is -2.44. The Labute approximate surface area is 161 Å². The number of nitrogens with one attached hydrogen (secondary N) is 1. The van der Waals surface area contributed by atoms with Crippen molar-refractivity contribution in [3.05, 3.63) is 70.0 Å². The fourth-order valence-corrected chi connectivity index (χ4v) is 3.25. The lowest BCUT2D eigenvalue weighted by atomic mass is 9.96. The van der Waals surface area contributed by atoms with Gasteiger partial charge in [-0.15, -0.1) is 0 Å². The summed E-state index contributed by atoms with van der Waals surface area (Å²) in [6, 6.07) is 10.3. The van der Waals surface area contributed by atoms with E-state index in [1.807, 2.05) is 6.07 Å². The molecular weight excluding hydrogens is 373 g/mol. The number of carboxylic acids is 1. The number of amides is 1. The van der Waals surface area contributed by atoms with Crippen LogP contribution in [0.4, 0.5) is 4.39 Å². The van der Waals surface area contributed by atoms with Gasteiger partial charge in [-0.2, -0.15) is 0 Å². The first kappa shape index (κ1) is 19.3. The molecule has 2 N–H and O–H groups in total. The van der Waals surface area contributed by atoms with Crippen molar-refractivity contribution < 1.29 is 23.8 Å². The van der Waals surface area contributed by atoms with E-state index in [9.17, 15) is 14.0 Å². The van der Waals surface area contributed by atoms with E-state index >= 15 is 0 Å². The fraction of sp³-hybridized carbons (Fsp3) is 0.300. The maximum atomic E-state index is 13.8. The van der Waals surface area contributed by atoms with Crippen LogP contribution in [0.1, 0.15) is 46.3 Å². The lowest BCUT2D eigenvalue weighted by molar-refractivity contribution is -0.137. The summed E-state index contributed by atoms with van der Waals surface area (Å²) in [7, 11) is 0. The molecule has 3 rings (SSSR count). The van der Waals surface area contributed by atoms with Gasteiger partial charge in [0.1, 0.15) is 5.82 Å². The molecule has 0 saturated carbocycles. The highest BCUT2D eigenvalue weighted by Crippen LogP contribution is 2.26. The highest BCUT2D eigenvalue weighted by Gasteiger charge is 2.22. The molecule has 1 heterocycles. The Bertz CT molecular complexity index is 852. The summed E-state index contributed by atoms with van der Waals surface area (Å²) >= 11 is 5.68. The second-order valence-corrected chi connectivity index (χ2v) is 6.89. The van der Waals surface area contributed by atoms with Crippen molar-refractivity contribution in [2.75, 3.05) is 13.2 Å². The summed E-state index contributed by atoms with van der Waals surface area (Å²) in [4.78, 5) is 23.9. The van der Waals surface area contributed by atoms with Crippen LogP contribution in [0.25, 0.3) is 0 Å². The van der Waals surface area contributed by atoms with Crippen LogP contribution in [0.3, 0.4) is 0 Å². The standard InChI is InChI=1S/C20H19ClFNO4/c21-16-5-4-13(9-17(16)22)18(10-19(24)25)23-20(26)14-3-1-2-12(8-14)15-6-7-27-11-15/h1-5,8-9,15,18H,6-7,10-11H2,(H,23,26)(H,24,25). The summed E-state index contributed by atoms with van der Waals surface area (Å²) in [5.74, 6) is -1.94. The average Bonchev–Trinajstić information content (AvgIpc) is 3.18. The average molecular weight is 392 g/mol. The molecule has 0 radical (unpaired) electrons. The van der Waals surface area contributed by atoms with E-state index in [-0.39, 0.29) is 17.4 Å². The second kappa shape index (κ2) is 8.50. The number of carbonyl (C=O) groups is 2. The minimum Gasteiger partial charge on any atom is -0.481 e. The maximum absolute atomic E-state index is 13.8. The van der Waals surface area contributed by atoms with Crippen molar-refractivity contribution in [2.24, 2.45) is 0 Å². The molecule has 2 unspecified atom stereocenters. The van der Waals surface area contributed by atoms with E-state index in [0.29, 0.717) is 24.3 Å². The summed E-state index contributed by atoms with van der Waals surface area (Å²) in [6.45, 7) is 1.32. The van der Waals surface area contributed by atoms with Crippen LogP contribution in [-0.2, 0) is 9.53 Å². The summed E-state index contributed by atoms with van der Waals surface area (Å²) < 4.78 is 19.1. The summed E-state index contributed by atoms with van der Waals surface area (Å²) in [5, 5.41) is 11.8. The van der Waals surface area contributed by atoms with E-state index in [4.69, 9.17) is 21.4 Å². The lowest BCUT2D eigenvalue weighted by Crippen LogP contribution is -2.30. The van der Waals surface area contributed by atoms with Crippen molar-refractivity contribution in [3.63, 3.8) is 0 Å². The van der Waals surface area contributed by atoms with Crippen molar-refractivity contribution in [1.82, 2.24) is 5.32 Å². The molecular formula is C20H19ClFNO4. The molecule has 5 nitrogen and oxygen atoms in total. The molecule has 1 aliphatic heterocycles. The molecule has 1 fully saturated rings. The number of aliphatic carboxylic acids is 1. The van der Waals surface area contributed by atoms with Crippen LogP contribution in [0, 0.1) is 5.82 Å². The van der Waals surface area contributed by atoms with Crippen molar-refractivity contribution >= 4 is 23.5 Å². The molecule has 2 aromatic rings. The number of halogens is 2. The zero-order chi connectivity index (χ0) is 19.4. The predicted octanol–water partition coefficient (Wildman–Crippen LogP) is 3.93. The molecule has 2 aromatic carbocycles. The van der Waals surface area contributed by atoms with Gasteiger partial charge < -0.3 is 15.2 Å². The predicted molar refractivity (Wildman–Crippen MR) is 98.5 cm³/mol. The maximum Gasteiger partial charge on any atom is 0.305 e. The van der Waals surface area contributed by atoms with Crippen molar-refractivity contribution in [3.8, 4) is 0 Å². The molecule has 27 heavy (non-hydrogen) atoms. The van der Waals surface area contributed by atoms with Crippen LogP contribution in [-0.4, -0.2) is 30.2 Å². The Morgan fingerprint density at radius 3 is 2.78 bits per heavy atom. The zero-order valence-corrected chi connectivity index (χ0v) is 15.2. The van der Waals surface area contributed by atoms with E-state index in [0.717, 1.165) is 18.1 Å². The first-order chi connectivity index (χ1) is 12.9. The third-order valence-corrected chi connectivity index (χ3v) is 4.89. The Balaban J connectivity index is 1.80. The van der Waals surface area contributed by atoms with Gasteiger partial charge in [0, 0.05) is 18.1 Å². The Morgan fingerprint density at radius 1 is 1.30 bits per heavy atom. The Morgan fingerprint density at radius 2 is 2.11 bits per heavy atom. The van der Waals surface area contributed by atoms with Gasteiger partial charge in [-0.25, -0.2) is 4.39 Å². The smallest absolute Gasteiger partial charge is 0.305 e. The first-order valence-corrected chi connectivity index (χ1v) is 8.97. The molecule has 0 bridgehead atoms. The third-order valence-electron chi connectivity index (χ3n) is 4.58.